The lowest BCUT2D eigenvalue weighted by molar-refractivity contribution is -0.127. The van der Waals surface area contributed by atoms with Gasteiger partial charge in [-0.1, -0.05) is 11.6 Å². The van der Waals surface area contributed by atoms with Crippen molar-refractivity contribution in [3.05, 3.63) is 28.8 Å². The van der Waals surface area contributed by atoms with Gasteiger partial charge in [0.15, 0.2) is 0 Å². The second-order valence-electron chi connectivity index (χ2n) is 4.86. The number of benzene rings is 1. The van der Waals surface area contributed by atoms with Crippen LogP contribution in [0, 0.1) is 0 Å². The zero-order valence-corrected chi connectivity index (χ0v) is 12.4. The van der Waals surface area contributed by atoms with Gasteiger partial charge in [0.05, 0.1) is 12.1 Å². The van der Waals surface area contributed by atoms with E-state index >= 15 is 0 Å². The fraction of sp³-hybridized carbons (Fsp3) is 0.429. The fourth-order valence-corrected chi connectivity index (χ4v) is 2.44. The standard InChI is InChI=1S/C14H17ClN2O4/c1-20-11-8-9(2-3-10(11)15)12(18)17-14(13(16)19)4-6-21-7-5-14/h2-3,8H,4-7H2,1H3,(H2,16,19)(H,17,18). The van der Waals surface area contributed by atoms with E-state index in [1.165, 1.54) is 13.2 Å². The molecule has 0 atom stereocenters. The number of carbonyl (C=O) groups is 2. The minimum absolute atomic E-state index is 0.350. The summed E-state index contributed by atoms with van der Waals surface area (Å²) >= 11 is 5.92. The van der Waals surface area contributed by atoms with E-state index in [1.54, 1.807) is 12.1 Å². The topological polar surface area (TPSA) is 90.6 Å². The average molecular weight is 313 g/mol. The first-order valence-corrected chi connectivity index (χ1v) is 6.90. The number of nitrogens with two attached hydrogens (primary N) is 1. The third-order valence-corrected chi connectivity index (χ3v) is 3.90. The van der Waals surface area contributed by atoms with Gasteiger partial charge in [-0.2, -0.15) is 0 Å². The van der Waals surface area contributed by atoms with Crippen LogP contribution >= 0.6 is 11.6 Å². The number of primary amides is 1. The molecule has 3 N–H and O–H groups in total. The van der Waals surface area contributed by atoms with Crippen LogP contribution in [0.4, 0.5) is 0 Å². The number of rotatable bonds is 4. The minimum atomic E-state index is -1.07. The zero-order chi connectivity index (χ0) is 15.5. The molecule has 1 aliphatic heterocycles. The van der Waals surface area contributed by atoms with Gasteiger partial charge in [0.1, 0.15) is 11.3 Å². The third-order valence-electron chi connectivity index (χ3n) is 3.58. The Labute approximate surface area is 127 Å². The Bertz CT molecular complexity index is 556. The number of halogens is 1. The van der Waals surface area contributed by atoms with E-state index in [1.807, 2.05) is 0 Å². The van der Waals surface area contributed by atoms with Crippen LogP contribution in [0.2, 0.25) is 5.02 Å². The molecule has 1 fully saturated rings. The van der Waals surface area contributed by atoms with Crippen LogP contribution in [0.5, 0.6) is 5.75 Å². The summed E-state index contributed by atoms with van der Waals surface area (Å²) in [4.78, 5) is 24.1. The highest BCUT2D eigenvalue weighted by molar-refractivity contribution is 6.32. The molecule has 0 spiro atoms. The second-order valence-corrected chi connectivity index (χ2v) is 5.27. The Kier molecular flexibility index (Phi) is 4.69. The van der Waals surface area contributed by atoms with Crippen LogP contribution in [0.15, 0.2) is 18.2 Å². The van der Waals surface area contributed by atoms with E-state index < -0.39 is 17.4 Å². The maximum Gasteiger partial charge on any atom is 0.252 e. The second kappa shape index (κ2) is 6.32. The zero-order valence-electron chi connectivity index (χ0n) is 11.6. The van der Waals surface area contributed by atoms with Gasteiger partial charge in [-0.25, -0.2) is 0 Å². The van der Waals surface area contributed by atoms with Gasteiger partial charge in [0.2, 0.25) is 5.91 Å². The first-order chi connectivity index (χ1) is 9.98. The molecule has 21 heavy (non-hydrogen) atoms. The Morgan fingerprint density at radius 2 is 2.05 bits per heavy atom. The summed E-state index contributed by atoms with van der Waals surface area (Å²) in [6, 6.07) is 4.65. The van der Waals surface area contributed by atoms with Gasteiger partial charge in [0, 0.05) is 31.6 Å². The highest BCUT2D eigenvalue weighted by Crippen LogP contribution is 2.26. The van der Waals surface area contributed by atoms with Crippen LogP contribution in [0.25, 0.3) is 0 Å². The summed E-state index contributed by atoms with van der Waals surface area (Å²) in [5.74, 6) is -0.560. The summed E-state index contributed by atoms with van der Waals surface area (Å²) in [5.41, 5.74) is 4.74. The monoisotopic (exact) mass is 312 g/mol. The molecule has 1 heterocycles. The summed E-state index contributed by atoms with van der Waals surface area (Å²) in [6.07, 6.45) is 0.720. The van der Waals surface area contributed by atoms with Crippen molar-refractivity contribution < 1.29 is 19.1 Å². The number of hydrogen-bond acceptors (Lipinski definition) is 4. The number of carbonyl (C=O) groups excluding carboxylic acids is 2. The van der Waals surface area contributed by atoms with Crippen molar-refractivity contribution in [3.63, 3.8) is 0 Å². The van der Waals surface area contributed by atoms with Crippen LogP contribution in [0.3, 0.4) is 0 Å². The van der Waals surface area contributed by atoms with Crippen LogP contribution in [-0.4, -0.2) is 37.7 Å². The van der Waals surface area contributed by atoms with Crippen molar-refractivity contribution >= 4 is 23.4 Å². The van der Waals surface area contributed by atoms with E-state index in [-0.39, 0.29) is 0 Å². The highest BCUT2D eigenvalue weighted by atomic mass is 35.5. The van der Waals surface area contributed by atoms with Crippen LogP contribution < -0.4 is 15.8 Å². The Morgan fingerprint density at radius 1 is 1.38 bits per heavy atom. The summed E-state index contributed by atoms with van der Waals surface area (Å²) in [6.45, 7) is 0.764. The van der Waals surface area contributed by atoms with E-state index in [4.69, 9.17) is 26.8 Å². The molecular formula is C14H17ClN2O4. The van der Waals surface area contributed by atoms with E-state index in [2.05, 4.69) is 5.32 Å². The maximum absolute atomic E-state index is 12.3. The van der Waals surface area contributed by atoms with Crippen molar-refractivity contribution in [2.45, 2.75) is 18.4 Å². The largest absolute Gasteiger partial charge is 0.495 e. The SMILES string of the molecule is COc1cc(C(=O)NC2(C(N)=O)CCOCC2)ccc1Cl. The predicted molar refractivity (Wildman–Crippen MR) is 77.4 cm³/mol. The van der Waals surface area contributed by atoms with Gasteiger partial charge in [0.25, 0.3) is 5.91 Å². The predicted octanol–water partition coefficient (Wildman–Crippen LogP) is 1.11. The van der Waals surface area contributed by atoms with E-state index in [0.29, 0.717) is 42.4 Å². The van der Waals surface area contributed by atoms with Crippen molar-refractivity contribution in [2.24, 2.45) is 5.73 Å². The quantitative estimate of drug-likeness (QED) is 0.871. The van der Waals surface area contributed by atoms with Crippen molar-refractivity contribution in [2.75, 3.05) is 20.3 Å². The molecule has 6 nitrogen and oxygen atoms in total. The number of methoxy groups -OCH3 is 1. The summed E-state index contributed by atoms with van der Waals surface area (Å²) in [7, 11) is 1.46. The lowest BCUT2D eigenvalue weighted by atomic mass is 9.89. The van der Waals surface area contributed by atoms with Crippen molar-refractivity contribution in [1.29, 1.82) is 0 Å². The normalized spacial score (nSPS) is 17.0. The smallest absolute Gasteiger partial charge is 0.252 e. The highest BCUT2D eigenvalue weighted by Gasteiger charge is 2.40. The molecule has 0 saturated carbocycles. The first-order valence-electron chi connectivity index (χ1n) is 6.52. The molecule has 2 amide bonds. The minimum Gasteiger partial charge on any atom is -0.495 e. The first kappa shape index (κ1) is 15.6. The Morgan fingerprint density at radius 3 is 2.62 bits per heavy atom. The van der Waals surface area contributed by atoms with Gasteiger partial charge in [-0.15, -0.1) is 0 Å². The average Bonchev–Trinajstić information content (AvgIpc) is 2.48. The van der Waals surface area contributed by atoms with Gasteiger partial charge in [-0.05, 0) is 18.2 Å². The molecule has 1 aromatic carbocycles. The Hall–Kier alpha value is -1.79. The molecule has 0 radical (unpaired) electrons. The molecule has 1 aliphatic rings. The summed E-state index contributed by atoms with van der Waals surface area (Å²) < 4.78 is 10.3. The third kappa shape index (κ3) is 3.28. The molecule has 1 aromatic rings. The van der Waals surface area contributed by atoms with Gasteiger partial charge < -0.3 is 20.5 Å². The molecule has 0 bridgehead atoms. The molecule has 7 heteroatoms. The van der Waals surface area contributed by atoms with Gasteiger partial charge in [-0.3, -0.25) is 9.59 Å². The lowest BCUT2D eigenvalue weighted by Gasteiger charge is -2.34. The number of hydrogen-bond donors (Lipinski definition) is 2. The van der Waals surface area contributed by atoms with Crippen LogP contribution in [0.1, 0.15) is 23.2 Å². The van der Waals surface area contributed by atoms with Crippen molar-refractivity contribution in [1.82, 2.24) is 5.32 Å². The fourth-order valence-electron chi connectivity index (χ4n) is 2.24. The number of ether oxygens (including phenoxy) is 2. The van der Waals surface area contributed by atoms with E-state index in [9.17, 15) is 9.59 Å². The molecule has 114 valence electrons. The maximum atomic E-state index is 12.3. The lowest BCUT2D eigenvalue weighted by Crippen LogP contribution is -2.60. The molecular weight excluding hydrogens is 296 g/mol. The number of nitrogens with one attached hydrogen (secondary N) is 1. The number of amides is 2. The summed E-state index contributed by atoms with van der Waals surface area (Å²) in [5, 5.41) is 3.13. The molecule has 0 unspecified atom stereocenters. The van der Waals surface area contributed by atoms with E-state index in [0.717, 1.165) is 0 Å². The molecule has 0 aliphatic carbocycles. The van der Waals surface area contributed by atoms with Crippen molar-refractivity contribution in [3.8, 4) is 5.75 Å². The Balaban J connectivity index is 2.21. The van der Waals surface area contributed by atoms with Gasteiger partial charge >= 0.3 is 0 Å². The molecule has 0 aromatic heterocycles. The molecule has 2 rings (SSSR count). The van der Waals surface area contributed by atoms with Crippen LogP contribution in [-0.2, 0) is 9.53 Å². The molecule has 1 saturated heterocycles.